The van der Waals surface area contributed by atoms with Gasteiger partial charge in [0.1, 0.15) is 6.29 Å². The van der Waals surface area contributed by atoms with Crippen molar-refractivity contribution in [1.29, 1.82) is 0 Å². The van der Waals surface area contributed by atoms with Crippen LogP contribution < -0.4 is 5.48 Å². The summed E-state index contributed by atoms with van der Waals surface area (Å²) in [6.45, 7) is 12.2. The van der Waals surface area contributed by atoms with Crippen molar-refractivity contribution >= 4 is 6.29 Å². The highest BCUT2D eigenvalue weighted by atomic mass is 16.5. The molecule has 1 aromatic heterocycles. The van der Waals surface area contributed by atoms with E-state index in [0.29, 0.717) is 6.42 Å². The Hall–Kier alpha value is -1.30. The molecule has 5 heteroatoms. The van der Waals surface area contributed by atoms with Gasteiger partial charge in [0.2, 0.25) is 0 Å². The number of aryl methyl sites for hydroxylation is 2. The molecule has 0 radical (unpaired) electrons. The smallest absolute Gasteiger partial charge is 0.119 e. The molecule has 1 heterocycles. The van der Waals surface area contributed by atoms with Crippen LogP contribution in [0.4, 0.5) is 0 Å². The van der Waals surface area contributed by atoms with E-state index >= 15 is 0 Å². The number of hydrogen-bond acceptors (Lipinski definition) is 5. The highest BCUT2D eigenvalue weighted by molar-refractivity contribution is 5.48. The molecule has 0 aliphatic carbocycles. The van der Waals surface area contributed by atoms with E-state index in [1.165, 1.54) is 11.1 Å². The number of nitrogens with zero attached hydrogens (tertiary/aromatic N) is 1. The highest BCUT2D eigenvalue weighted by Gasteiger charge is 1.92. The van der Waals surface area contributed by atoms with Crippen LogP contribution in [0.3, 0.4) is 0 Å². The molecule has 5 nitrogen and oxygen atoms in total. The molecule has 0 saturated heterocycles. The number of aromatic nitrogens is 1. The average Bonchev–Trinajstić information content (AvgIpc) is 2.64. The van der Waals surface area contributed by atoms with Crippen LogP contribution in [0, 0.1) is 0 Å². The van der Waals surface area contributed by atoms with Crippen LogP contribution in [0.5, 0.6) is 0 Å². The highest BCUT2D eigenvalue weighted by Crippen LogP contribution is 2.03. The molecule has 1 atom stereocenters. The van der Waals surface area contributed by atoms with Crippen LogP contribution in [0.15, 0.2) is 18.5 Å². The van der Waals surface area contributed by atoms with Gasteiger partial charge in [-0.2, -0.15) is 0 Å². The summed E-state index contributed by atoms with van der Waals surface area (Å²) in [7, 11) is 0. The summed E-state index contributed by atoms with van der Waals surface area (Å²) in [4.78, 5) is 13.5. The predicted molar refractivity (Wildman–Crippen MR) is 106 cm³/mol. The van der Waals surface area contributed by atoms with Crippen LogP contribution in [-0.2, 0) is 17.6 Å². The van der Waals surface area contributed by atoms with Gasteiger partial charge in [-0.1, -0.05) is 40.2 Å². The summed E-state index contributed by atoms with van der Waals surface area (Å²) >= 11 is 0. The van der Waals surface area contributed by atoms with Gasteiger partial charge in [-0.25, -0.2) is 5.48 Å². The number of pyridine rings is 1. The Kier molecular flexibility index (Phi) is 28.4. The third-order valence-electron chi connectivity index (χ3n) is 3.02. The number of hydroxylamine groups is 1. The third kappa shape index (κ3) is 25.1. The molecule has 0 aromatic carbocycles. The number of aliphatic hydroxyl groups is 1. The number of rotatable bonds is 7. The first-order valence-electron chi connectivity index (χ1n) is 9.37. The van der Waals surface area contributed by atoms with Crippen molar-refractivity contribution < 1.29 is 15.1 Å². The SMILES string of the molecule is CCCC(C)NO.CCCC=O.CCO.CCc1cncc(CC)c1. The summed E-state index contributed by atoms with van der Waals surface area (Å²) in [5.41, 5.74) is 4.83. The van der Waals surface area contributed by atoms with Gasteiger partial charge < -0.3 is 15.1 Å². The topological polar surface area (TPSA) is 82.5 Å². The zero-order chi connectivity index (χ0) is 19.9. The second kappa shape index (κ2) is 24.9. The van der Waals surface area contributed by atoms with Gasteiger partial charge in [-0.15, -0.1) is 0 Å². The third-order valence-corrected chi connectivity index (χ3v) is 3.02. The maximum atomic E-state index is 9.40. The van der Waals surface area contributed by atoms with Crippen LogP contribution in [0.25, 0.3) is 0 Å². The first-order valence-corrected chi connectivity index (χ1v) is 9.37. The van der Waals surface area contributed by atoms with E-state index in [-0.39, 0.29) is 12.6 Å². The molecule has 25 heavy (non-hydrogen) atoms. The molecule has 0 aliphatic heterocycles. The molecule has 1 aromatic rings. The summed E-state index contributed by atoms with van der Waals surface area (Å²) in [5, 5.41) is 15.8. The van der Waals surface area contributed by atoms with Crippen molar-refractivity contribution in [1.82, 2.24) is 10.5 Å². The number of carbonyl (C=O) groups is 1. The monoisotopic (exact) mass is 356 g/mol. The van der Waals surface area contributed by atoms with Crippen molar-refractivity contribution in [3.63, 3.8) is 0 Å². The van der Waals surface area contributed by atoms with Gasteiger partial charge in [0.15, 0.2) is 0 Å². The maximum absolute atomic E-state index is 9.40. The van der Waals surface area contributed by atoms with E-state index in [1.807, 2.05) is 26.2 Å². The van der Waals surface area contributed by atoms with Gasteiger partial charge in [0.25, 0.3) is 0 Å². The number of hydrogen-bond donors (Lipinski definition) is 3. The maximum Gasteiger partial charge on any atom is 0.119 e. The Labute approximate surface area is 154 Å². The minimum absolute atomic E-state index is 0.250. The van der Waals surface area contributed by atoms with Crippen molar-refractivity contribution in [2.75, 3.05) is 6.61 Å². The fourth-order valence-electron chi connectivity index (χ4n) is 1.54. The lowest BCUT2D eigenvalue weighted by atomic mass is 10.1. The quantitative estimate of drug-likeness (QED) is 0.500. The molecular weight excluding hydrogens is 316 g/mol. The van der Waals surface area contributed by atoms with Crippen LogP contribution >= 0.6 is 0 Å². The van der Waals surface area contributed by atoms with Crippen molar-refractivity contribution in [2.24, 2.45) is 0 Å². The van der Waals surface area contributed by atoms with Gasteiger partial charge in [-0.05, 0) is 50.7 Å². The molecule has 0 fully saturated rings. The predicted octanol–water partition coefficient (Wildman–Crippen LogP) is 4.34. The Bertz CT molecular complexity index is 354. The second-order valence-corrected chi connectivity index (χ2v) is 5.50. The van der Waals surface area contributed by atoms with Crippen LogP contribution in [-0.4, -0.2) is 34.2 Å². The molecular formula is C20H40N2O3. The molecule has 0 saturated carbocycles. The molecule has 3 N–H and O–H groups in total. The van der Waals surface area contributed by atoms with Crippen LogP contribution in [0.1, 0.15) is 78.4 Å². The number of carbonyl (C=O) groups excluding carboxylic acids is 1. The lowest BCUT2D eigenvalue weighted by Gasteiger charge is -2.03. The van der Waals surface area contributed by atoms with Gasteiger partial charge >= 0.3 is 0 Å². The van der Waals surface area contributed by atoms with E-state index in [1.54, 1.807) is 6.92 Å². The summed E-state index contributed by atoms with van der Waals surface area (Å²) in [6, 6.07) is 2.47. The van der Waals surface area contributed by atoms with E-state index in [9.17, 15) is 4.79 Å². The zero-order valence-electron chi connectivity index (χ0n) is 17.1. The van der Waals surface area contributed by atoms with Gasteiger partial charge in [-0.3, -0.25) is 4.98 Å². The Morgan fingerprint density at radius 1 is 1.08 bits per heavy atom. The molecule has 1 unspecified atom stereocenters. The van der Waals surface area contributed by atoms with Gasteiger partial charge in [0.05, 0.1) is 0 Å². The Morgan fingerprint density at radius 3 is 1.76 bits per heavy atom. The lowest BCUT2D eigenvalue weighted by molar-refractivity contribution is -0.107. The first-order chi connectivity index (χ1) is 12.0. The summed E-state index contributed by atoms with van der Waals surface area (Å²) in [6.07, 6.45) is 10.8. The van der Waals surface area contributed by atoms with E-state index in [4.69, 9.17) is 10.3 Å². The number of aliphatic hydroxyl groups excluding tert-OH is 1. The summed E-state index contributed by atoms with van der Waals surface area (Å²) < 4.78 is 0. The fourth-order valence-corrected chi connectivity index (χ4v) is 1.54. The lowest BCUT2D eigenvalue weighted by Crippen LogP contribution is -2.20. The van der Waals surface area contributed by atoms with Crippen molar-refractivity contribution in [3.8, 4) is 0 Å². The Morgan fingerprint density at radius 2 is 1.56 bits per heavy atom. The average molecular weight is 357 g/mol. The molecule has 0 aliphatic rings. The molecule has 1 rings (SSSR count). The Balaban J connectivity index is -0.000000284. The number of unbranched alkanes of at least 4 members (excludes halogenated alkanes) is 1. The normalized spacial score (nSPS) is 10.1. The van der Waals surface area contributed by atoms with E-state index in [2.05, 4.69) is 37.3 Å². The minimum Gasteiger partial charge on any atom is -0.397 e. The van der Waals surface area contributed by atoms with Crippen LogP contribution in [0.2, 0.25) is 0 Å². The molecule has 0 spiro atoms. The zero-order valence-corrected chi connectivity index (χ0v) is 17.1. The van der Waals surface area contributed by atoms with Gasteiger partial charge in [0, 0.05) is 31.5 Å². The number of aldehydes is 1. The summed E-state index contributed by atoms with van der Waals surface area (Å²) in [5.74, 6) is 0. The number of nitrogens with one attached hydrogen (secondary N) is 1. The molecule has 0 amide bonds. The van der Waals surface area contributed by atoms with Crippen molar-refractivity contribution in [2.45, 2.75) is 86.1 Å². The minimum atomic E-state index is 0.250. The molecule has 148 valence electrons. The second-order valence-electron chi connectivity index (χ2n) is 5.50. The largest absolute Gasteiger partial charge is 0.397 e. The first kappa shape index (κ1) is 28.5. The fraction of sp³-hybridized carbons (Fsp3) is 0.700. The van der Waals surface area contributed by atoms with E-state index < -0.39 is 0 Å². The molecule has 0 bridgehead atoms. The van der Waals surface area contributed by atoms with E-state index in [0.717, 1.165) is 38.4 Å². The van der Waals surface area contributed by atoms with Crippen molar-refractivity contribution in [3.05, 3.63) is 29.6 Å². The standard InChI is InChI=1S/C9H13N.C5H13NO.C4H8O.C2H6O/c1-3-8-5-9(4-2)7-10-6-8;1-3-4-5(2)6-7;1-2-3-4-5;1-2-3/h5-7H,3-4H2,1-2H3;5-7H,3-4H2,1-2H3;4H,2-3H2,1H3;3H,2H2,1H3.